The summed E-state index contributed by atoms with van der Waals surface area (Å²) in [6.45, 7) is 1.54. The van der Waals surface area contributed by atoms with Crippen molar-refractivity contribution in [2.24, 2.45) is 5.92 Å². The van der Waals surface area contributed by atoms with Gasteiger partial charge in [-0.25, -0.2) is 4.79 Å². The normalized spacial score (nSPS) is 11.2. The highest BCUT2D eigenvalue weighted by molar-refractivity contribution is 5.75. The number of rotatable bonds is 8. The van der Waals surface area contributed by atoms with Gasteiger partial charge in [0.2, 0.25) is 0 Å². The zero-order valence-corrected chi connectivity index (χ0v) is 13.7. The van der Waals surface area contributed by atoms with Gasteiger partial charge in [-0.2, -0.15) is 0 Å². The maximum Gasteiger partial charge on any atom is 0.330 e. The van der Waals surface area contributed by atoms with Crippen molar-refractivity contribution >= 4 is 17.7 Å². The van der Waals surface area contributed by atoms with Gasteiger partial charge in [-0.3, -0.25) is 10.2 Å². The van der Waals surface area contributed by atoms with Crippen molar-refractivity contribution in [1.29, 1.82) is 0 Å². The van der Waals surface area contributed by atoms with Crippen molar-refractivity contribution in [2.45, 2.75) is 6.92 Å². The van der Waals surface area contributed by atoms with Gasteiger partial charge in [0.1, 0.15) is 11.5 Å². The Bertz CT molecular complexity index is 692. The minimum absolute atomic E-state index is 0.0361. The minimum atomic E-state index is -0.968. The number of hydrogen-bond acceptors (Lipinski definition) is 5. The van der Waals surface area contributed by atoms with E-state index < -0.39 is 17.9 Å². The number of nitrogens with one attached hydrogen (secondary N) is 4. The molecule has 0 saturated heterocycles. The predicted octanol–water partition coefficient (Wildman–Crippen LogP) is 2.33. The summed E-state index contributed by atoms with van der Waals surface area (Å²) in [5, 5.41) is 11.2. The molecule has 132 valence electrons. The van der Waals surface area contributed by atoms with E-state index >= 15 is 0 Å². The van der Waals surface area contributed by atoms with E-state index in [1.807, 2.05) is 30.3 Å². The SMILES string of the molecule is C[C@@H](CNC(=O)NNNc1ccc(Oc2ccccc2)cc1)C(=O)O. The molecule has 2 amide bonds. The highest BCUT2D eigenvalue weighted by Crippen LogP contribution is 2.22. The van der Waals surface area contributed by atoms with E-state index in [2.05, 4.69) is 21.7 Å². The van der Waals surface area contributed by atoms with Crippen LogP contribution >= 0.6 is 0 Å². The largest absolute Gasteiger partial charge is 0.481 e. The summed E-state index contributed by atoms with van der Waals surface area (Å²) in [5.41, 5.74) is 8.36. The van der Waals surface area contributed by atoms with Gasteiger partial charge in [-0.15, -0.1) is 5.53 Å². The van der Waals surface area contributed by atoms with E-state index in [9.17, 15) is 9.59 Å². The molecule has 0 radical (unpaired) electrons. The second kappa shape index (κ2) is 9.14. The summed E-state index contributed by atoms with van der Waals surface area (Å²) < 4.78 is 5.67. The standard InChI is InChI=1S/C17H20N4O4/c1-12(16(22)23)11-18-17(24)20-21-19-13-7-9-15(10-8-13)25-14-5-3-2-4-6-14/h2-10,12,19,21H,11H2,1H3,(H,22,23)(H2,18,20,24)/t12-/m0/s1. The van der Waals surface area contributed by atoms with Crippen LogP contribution in [0.2, 0.25) is 0 Å². The molecule has 0 bridgehead atoms. The van der Waals surface area contributed by atoms with Crippen LogP contribution in [0.25, 0.3) is 0 Å². The number of aliphatic carboxylic acids is 1. The molecule has 8 nitrogen and oxygen atoms in total. The molecule has 8 heteroatoms. The van der Waals surface area contributed by atoms with Gasteiger partial charge in [-0.1, -0.05) is 25.1 Å². The molecule has 2 aromatic rings. The first kappa shape index (κ1) is 18.1. The first-order valence-corrected chi connectivity index (χ1v) is 7.65. The number of ether oxygens (including phenoxy) is 1. The quantitative estimate of drug-likeness (QED) is 0.470. The Kier molecular flexibility index (Phi) is 6.61. The number of hydrazine groups is 2. The van der Waals surface area contributed by atoms with Crippen LogP contribution in [0.5, 0.6) is 11.5 Å². The third-order valence-electron chi connectivity index (χ3n) is 3.21. The second-order valence-corrected chi connectivity index (χ2v) is 5.26. The number of benzene rings is 2. The Morgan fingerprint density at radius 1 is 1.04 bits per heavy atom. The van der Waals surface area contributed by atoms with Crippen molar-refractivity contribution in [2.75, 3.05) is 12.0 Å². The monoisotopic (exact) mass is 344 g/mol. The summed E-state index contributed by atoms with van der Waals surface area (Å²) >= 11 is 0. The van der Waals surface area contributed by atoms with Gasteiger partial charge >= 0.3 is 12.0 Å². The van der Waals surface area contributed by atoms with Crippen LogP contribution in [0, 0.1) is 5.92 Å². The van der Waals surface area contributed by atoms with Crippen LogP contribution in [0.15, 0.2) is 54.6 Å². The lowest BCUT2D eigenvalue weighted by Crippen LogP contribution is -2.48. The molecule has 0 saturated carbocycles. The number of anilines is 1. The number of carboxylic acid groups (broad SMARTS) is 1. The van der Waals surface area contributed by atoms with Crippen molar-refractivity contribution in [3.05, 3.63) is 54.6 Å². The molecule has 0 spiro atoms. The summed E-state index contributed by atoms with van der Waals surface area (Å²) in [4.78, 5) is 22.1. The van der Waals surface area contributed by atoms with E-state index in [-0.39, 0.29) is 6.54 Å². The molecule has 0 heterocycles. The molecule has 0 unspecified atom stereocenters. The average Bonchev–Trinajstić information content (AvgIpc) is 2.62. The van der Waals surface area contributed by atoms with Crippen molar-refractivity contribution in [3.8, 4) is 11.5 Å². The number of carbonyl (C=O) groups excluding carboxylic acids is 1. The van der Waals surface area contributed by atoms with Gasteiger partial charge in [0.05, 0.1) is 11.6 Å². The molecule has 0 aliphatic rings. The number of carbonyl (C=O) groups is 2. The Morgan fingerprint density at radius 2 is 1.68 bits per heavy atom. The van der Waals surface area contributed by atoms with E-state index in [1.165, 1.54) is 6.92 Å². The Morgan fingerprint density at radius 3 is 2.32 bits per heavy atom. The smallest absolute Gasteiger partial charge is 0.330 e. The third kappa shape index (κ3) is 6.40. The minimum Gasteiger partial charge on any atom is -0.481 e. The highest BCUT2D eigenvalue weighted by Gasteiger charge is 2.11. The van der Waals surface area contributed by atoms with Gasteiger partial charge in [0, 0.05) is 6.54 Å². The van der Waals surface area contributed by atoms with E-state index in [0.29, 0.717) is 11.4 Å². The van der Waals surface area contributed by atoms with Crippen LogP contribution in [0.3, 0.4) is 0 Å². The fraction of sp³-hybridized carbons (Fsp3) is 0.176. The zero-order valence-electron chi connectivity index (χ0n) is 13.7. The number of hydrogen-bond donors (Lipinski definition) is 5. The topological polar surface area (TPSA) is 112 Å². The predicted molar refractivity (Wildman–Crippen MR) is 93.1 cm³/mol. The molecule has 0 aliphatic carbocycles. The third-order valence-corrected chi connectivity index (χ3v) is 3.21. The number of urea groups is 1. The van der Waals surface area contributed by atoms with Crippen LogP contribution in [-0.2, 0) is 4.79 Å². The molecular formula is C17H20N4O4. The molecule has 2 aromatic carbocycles. The van der Waals surface area contributed by atoms with Crippen molar-refractivity contribution in [3.63, 3.8) is 0 Å². The number of amides is 2. The second-order valence-electron chi connectivity index (χ2n) is 5.26. The molecule has 25 heavy (non-hydrogen) atoms. The van der Waals surface area contributed by atoms with Crippen LogP contribution < -0.4 is 26.4 Å². The van der Waals surface area contributed by atoms with Gasteiger partial charge in [0.15, 0.2) is 0 Å². The van der Waals surface area contributed by atoms with Gasteiger partial charge in [-0.05, 0) is 36.4 Å². The maximum absolute atomic E-state index is 11.5. The molecule has 5 N–H and O–H groups in total. The Hall–Kier alpha value is -3.26. The molecule has 0 aromatic heterocycles. The summed E-state index contributed by atoms with van der Waals surface area (Å²) in [5.74, 6) is -0.194. The number of carboxylic acids is 1. The maximum atomic E-state index is 11.5. The van der Waals surface area contributed by atoms with Crippen molar-refractivity contribution in [1.82, 2.24) is 16.3 Å². The molecule has 0 aliphatic heterocycles. The Labute approximate surface area is 145 Å². The van der Waals surface area contributed by atoms with E-state index in [1.54, 1.807) is 24.3 Å². The zero-order chi connectivity index (χ0) is 18.1. The fourth-order valence-electron chi connectivity index (χ4n) is 1.77. The first-order valence-electron chi connectivity index (χ1n) is 7.65. The lowest BCUT2D eigenvalue weighted by atomic mass is 10.2. The van der Waals surface area contributed by atoms with Crippen LogP contribution in [0.1, 0.15) is 6.92 Å². The molecule has 0 fully saturated rings. The Balaban J connectivity index is 1.71. The van der Waals surface area contributed by atoms with Gasteiger partial charge in [0.25, 0.3) is 0 Å². The van der Waals surface area contributed by atoms with E-state index in [4.69, 9.17) is 9.84 Å². The lowest BCUT2D eigenvalue weighted by Gasteiger charge is -2.12. The van der Waals surface area contributed by atoms with E-state index in [0.717, 1.165) is 5.75 Å². The van der Waals surface area contributed by atoms with Crippen molar-refractivity contribution < 1.29 is 19.4 Å². The number of para-hydroxylation sites is 1. The average molecular weight is 344 g/mol. The lowest BCUT2D eigenvalue weighted by molar-refractivity contribution is -0.140. The summed E-state index contributed by atoms with van der Waals surface area (Å²) in [6.07, 6.45) is 0. The summed E-state index contributed by atoms with van der Waals surface area (Å²) in [6, 6.07) is 16.0. The molecule has 1 atom stereocenters. The molecular weight excluding hydrogens is 324 g/mol. The molecule has 2 rings (SSSR count). The highest BCUT2D eigenvalue weighted by atomic mass is 16.5. The fourth-order valence-corrected chi connectivity index (χ4v) is 1.77. The van der Waals surface area contributed by atoms with Gasteiger partial charge < -0.3 is 20.6 Å². The summed E-state index contributed by atoms with van der Waals surface area (Å²) in [7, 11) is 0. The van der Waals surface area contributed by atoms with Crippen LogP contribution in [0.4, 0.5) is 10.5 Å². The first-order chi connectivity index (χ1) is 12.0. The van der Waals surface area contributed by atoms with Crippen LogP contribution in [-0.4, -0.2) is 23.7 Å².